The van der Waals surface area contributed by atoms with E-state index in [1.807, 2.05) is 0 Å². The molecule has 0 radical (unpaired) electrons. The van der Waals surface area contributed by atoms with Crippen LogP contribution in [0.5, 0.6) is 0 Å². The smallest absolute Gasteiger partial charge is 0.341 e. The second-order valence-electron chi connectivity index (χ2n) is 6.28. The van der Waals surface area contributed by atoms with Crippen LogP contribution >= 0.6 is 11.6 Å². The fourth-order valence-electron chi connectivity index (χ4n) is 2.23. The lowest BCUT2D eigenvalue weighted by Gasteiger charge is -2.26. The first-order valence-electron chi connectivity index (χ1n) is 7.63. The molecule has 0 saturated heterocycles. The Balaban J connectivity index is 3.71. The maximum atomic E-state index is 12.6. The number of carbonyl (C=O) groups is 1. The molecule has 0 unspecified atom stereocenters. The van der Waals surface area contributed by atoms with Gasteiger partial charge >= 0.3 is 5.97 Å². The van der Waals surface area contributed by atoms with E-state index in [1.54, 1.807) is 20.8 Å². The molecule has 1 aromatic rings. The summed E-state index contributed by atoms with van der Waals surface area (Å²) in [5.74, 6) is -0.890. The molecule has 0 aliphatic carbocycles. The third-order valence-corrected chi connectivity index (χ3v) is 3.31. The average Bonchev–Trinajstić information content (AvgIpc) is 2.51. The number of carbonyl (C=O) groups excluding carboxylic acids is 1. The fourth-order valence-corrected chi connectivity index (χ4v) is 2.43. The summed E-state index contributed by atoms with van der Waals surface area (Å²) < 4.78 is 5.23. The van der Waals surface area contributed by atoms with Crippen LogP contribution in [0.25, 0.3) is 0 Å². The molecule has 11 heteroatoms. The maximum Gasteiger partial charge on any atom is 0.341 e. The quantitative estimate of drug-likeness (QED) is 0.310. The minimum absolute atomic E-state index is 0.0544. The number of hydrogen-bond donors (Lipinski definition) is 1. The van der Waals surface area contributed by atoms with Crippen molar-refractivity contribution < 1.29 is 24.5 Å². The molecule has 26 heavy (non-hydrogen) atoms. The monoisotopic (exact) mass is 389 g/mol. The average molecular weight is 390 g/mol. The number of esters is 1. The van der Waals surface area contributed by atoms with Crippen LogP contribution in [0, 0.1) is 20.2 Å². The number of nitrogens with zero attached hydrogens (tertiary/aromatic N) is 3. The van der Waals surface area contributed by atoms with E-state index in [9.17, 15) is 30.1 Å². The summed E-state index contributed by atoms with van der Waals surface area (Å²) in [4.78, 5) is 34.8. The number of hydrogen-bond acceptors (Lipinski definition) is 8. The Morgan fingerprint density at radius 3 is 2.27 bits per heavy atom. The summed E-state index contributed by atoms with van der Waals surface area (Å²) in [5.41, 5.74) is -2.68. The molecule has 0 spiro atoms. The van der Waals surface area contributed by atoms with Crippen molar-refractivity contribution in [2.24, 2.45) is 0 Å². The van der Waals surface area contributed by atoms with Crippen molar-refractivity contribution >= 4 is 34.6 Å². The van der Waals surface area contributed by atoms with Crippen LogP contribution in [0.15, 0.2) is 12.1 Å². The molecule has 0 aliphatic rings. The first-order valence-corrected chi connectivity index (χ1v) is 8.17. The molecule has 1 aromatic carbocycles. The van der Waals surface area contributed by atoms with Crippen molar-refractivity contribution in [2.75, 3.05) is 30.5 Å². The number of non-ortho nitro benzene ring substituents is 1. The van der Waals surface area contributed by atoms with Gasteiger partial charge in [-0.1, -0.05) is 0 Å². The van der Waals surface area contributed by atoms with Gasteiger partial charge in [-0.05, 0) is 20.8 Å². The molecular weight excluding hydrogens is 370 g/mol. The molecule has 0 aliphatic heterocycles. The highest BCUT2D eigenvalue weighted by Crippen LogP contribution is 2.37. The molecule has 0 saturated carbocycles. The van der Waals surface area contributed by atoms with Crippen LogP contribution in [-0.2, 0) is 4.74 Å². The van der Waals surface area contributed by atoms with E-state index in [0.29, 0.717) is 0 Å². The maximum absolute atomic E-state index is 12.6. The van der Waals surface area contributed by atoms with Crippen molar-refractivity contribution in [1.82, 2.24) is 0 Å². The minimum Gasteiger partial charge on any atom is -0.456 e. The van der Waals surface area contributed by atoms with E-state index in [1.165, 1.54) is 4.90 Å². The summed E-state index contributed by atoms with van der Waals surface area (Å²) >= 11 is 5.72. The second kappa shape index (κ2) is 8.77. The van der Waals surface area contributed by atoms with Crippen molar-refractivity contribution in [2.45, 2.75) is 26.4 Å². The van der Waals surface area contributed by atoms with Gasteiger partial charge in [0.1, 0.15) is 11.3 Å². The third kappa shape index (κ3) is 5.53. The molecule has 0 bridgehead atoms. The Bertz CT molecular complexity index is 697. The molecule has 0 atom stereocenters. The van der Waals surface area contributed by atoms with Gasteiger partial charge < -0.3 is 14.7 Å². The van der Waals surface area contributed by atoms with E-state index in [4.69, 9.17) is 16.3 Å². The fraction of sp³-hybridized carbons (Fsp3) is 0.533. The predicted molar refractivity (Wildman–Crippen MR) is 94.9 cm³/mol. The van der Waals surface area contributed by atoms with Gasteiger partial charge in [-0.2, -0.15) is 0 Å². The number of anilines is 1. The van der Waals surface area contributed by atoms with Crippen molar-refractivity contribution in [1.29, 1.82) is 0 Å². The Morgan fingerprint density at radius 1 is 1.23 bits per heavy atom. The first kappa shape index (κ1) is 21.6. The van der Waals surface area contributed by atoms with Gasteiger partial charge in [-0.15, -0.1) is 11.6 Å². The topological polar surface area (TPSA) is 136 Å². The number of benzene rings is 1. The van der Waals surface area contributed by atoms with Gasteiger partial charge in [0.25, 0.3) is 11.4 Å². The zero-order chi connectivity index (χ0) is 20.1. The summed E-state index contributed by atoms with van der Waals surface area (Å²) in [5, 5.41) is 31.8. The van der Waals surface area contributed by atoms with Crippen molar-refractivity contribution in [3.63, 3.8) is 0 Å². The molecular formula is C15H20ClN3O7. The summed E-state index contributed by atoms with van der Waals surface area (Å²) in [6, 6.07) is 1.69. The predicted octanol–water partition coefficient (Wildman–Crippen LogP) is 2.50. The lowest BCUT2D eigenvalue weighted by atomic mass is 10.1. The molecule has 0 heterocycles. The number of halogens is 1. The number of aliphatic hydroxyl groups excluding tert-OH is 1. The number of ether oxygens (including phenoxy) is 1. The summed E-state index contributed by atoms with van der Waals surface area (Å²) in [7, 11) is 0. The number of nitro benzene ring substituents is 2. The molecule has 144 valence electrons. The molecule has 10 nitrogen and oxygen atoms in total. The SMILES string of the molecule is CC(C)(C)OC(=O)c1cc([N+](=O)[O-])cc([N+](=O)[O-])c1N(CCO)CCCl. The zero-order valence-corrected chi connectivity index (χ0v) is 15.4. The van der Waals surface area contributed by atoms with E-state index in [0.717, 1.165) is 12.1 Å². The Hall–Kier alpha value is -2.46. The number of nitro groups is 2. The zero-order valence-electron chi connectivity index (χ0n) is 14.6. The molecule has 1 N–H and O–H groups in total. The van der Waals surface area contributed by atoms with Crippen LogP contribution in [0.4, 0.5) is 17.1 Å². The minimum atomic E-state index is -0.947. The van der Waals surface area contributed by atoms with E-state index in [2.05, 4.69) is 0 Å². The standard InChI is InChI=1S/C15H20ClN3O7/c1-15(2,3)26-14(21)11-8-10(18(22)23)9-12(19(24)25)13(11)17(5-4-16)6-7-20/h8-9,20H,4-7H2,1-3H3. The Kier molecular flexibility index (Phi) is 7.28. The van der Waals surface area contributed by atoms with Crippen LogP contribution in [0.2, 0.25) is 0 Å². The highest BCUT2D eigenvalue weighted by Gasteiger charge is 2.32. The summed E-state index contributed by atoms with van der Waals surface area (Å²) in [6.07, 6.45) is 0. The van der Waals surface area contributed by atoms with E-state index >= 15 is 0 Å². The normalized spacial score (nSPS) is 11.1. The van der Waals surface area contributed by atoms with E-state index in [-0.39, 0.29) is 36.8 Å². The molecule has 1 rings (SSSR count). The third-order valence-electron chi connectivity index (χ3n) is 3.14. The number of rotatable bonds is 8. The number of aliphatic hydroxyl groups is 1. The van der Waals surface area contributed by atoms with Gasteiger partial charge in [-0.3, -0.25) is 20.2 Å². The molecule has 0 fully saturated rings. The van der Waals surface area contributed by atoms with Gasteiger partial charge in [0.05, 0.1) is 28.1 Å². The van der Waals surface area contributed by atoms with Gasteiger partial charge in [-0.25, -0.2) is 4.79 Å². The largest absolute Gasteiger partial charge is 0.456 e. The van der Waals surface area contributed by atoms with Gasteiger partial charge in [0.15, 0.2) is 0 Å². The van der Waals surface area contributed by atoms with Gasteiger partial charge in [0.2, 0.25) is 0 Å². The van der Waals surface area contributed by atoms with Gasteiger partial charge in [0, 0.05) is 25.0 Å². The molecule has 0 amide bonds. The second-order valence-corrected chi connectivity index (χ2v) is 6.65. The molecule has 0 aromatic heterocycles. The van der Waals surface area contributed by atoms with E-state index < -0.39 is 32.8 Å². The lowest BCUT2D eigenvalue weighted by molar-refractivity contribution is -0.393. The highest BCUT2D eigenvalue weighted by molar-refractivity contribution is 6.18. The number of alkyl halides is 1. The Morgan fingerprint density at radius 2 is 1.85 bits per heavy atom. The van der Waals surface area contributed by atoms with Crippen molar-refractivity contribution in [3.8, 4) is 0 Å². The lowest BCUT2D eigenvalue weighted by Crippen LogP contribution is -2.32. The summed E-state index contributed by atoms with van der Waals surface area (Å²) in [6.45, 7) is 4.46. The van der Waals surface area contributed by atoms with Crippen LogP contribution in [0.3, 0.4) is 0 Å². The highest BCUT2D eigenvalue weighted by atomic mass is 35.5. The van der Waals surface area contributed by atoms with Crippen molar-refractivity contribution in [3.05, 3.63) is 37.9 Å². The van der Waals surface area contributed by atoms with Crippen LogP contribution in [-0.4, -0.2) is 52.1 Å². The first-order chi connectivity index (χ1) is 12.0. The van der Waals surface area contributed by atoms with Crippen LogP contribution in [0.1, 0.15) is 31.1 Å². The van der Waals surface area contributed by atoms with Crippen LogP contribution < -0.4 is 4.90 Å². The Labute approximate surface area is 154 Å².